The number of aliphatic hydroxyl groups is 2. The second-order valence-corrected chi connectivity index (χ2v) is 2.90. The predicted molar refractivity (Wildman–Crippen MR) is 52.9 cm³/mol. The van der Waals surface area contributed by atoms with Gasteiger partial charge >= 0.3 is 75.3 Å². The van der Waals surface area contributed by atoms with Gasteiger partial charge in [0.15, 0.2) is 12.2 Å². The van der Waals surface area contributed by atoms with E-state index in [9.17, 15) is 19.2 Å². The summed E-state index contributed by atoms with van der Waals surface area (Å²) < 4.78 is 0. The summed E-state index contributed by atoms with van der Waals surface area (Å²) in [5.41, 5.74) is 0. The molecule has 10 nitrogen and oxygen atoms in total. The maximum absolute atomic E-state index is 9.72. The maximum atomic E-state index is 9.72. The summed E-state index contributed by atoms with van der Waals surface area (Å²) in [5, 5.41) is 48.3. The quantitative estimate of drug-likeness (QED) is 0.259. The van der Waals surface area contributed by atoms with Crippen LogP contribution in [-0.4, -0.2) is 66.7 Å². The third kappa shape index (κ3) is 17.4. The Labute approximate surface area is 150 Å². The minimum atomic E-state index is -1.79. The molecule has 0 aromatic rings. The molecule has 0 spiro atoms. The zero-order chi connectivity index (χ0) is 14.9. The second kappa shape index (κ2) is 12.5. The number of carboxylic acid groups (broad SMARTS) is 4. The van der Waals surface area contributed by atoms with Crippen LogP contribution < -0.4 is 51.4 Å². The molecular formula is C8H13KO10. The van der Waals surface area contributed by atoms with Gasteiger partial charge in [-0.1, -0.05) is 0 Å². The van der Waals surface area contributed by atoms with Crippen molar-refractivity contribution in [3.8, 4) is 0 Å². The predicted octanol–water partition coefficient (Wildman–Crippen LogP) is -5.07. The molecule has 0 saturated carbocycles. The van der Waals surface area contributed by atoms with Crippen LogP contribution in [0.4, 0.5) is 0 Å². The van der Waals surface area contributed by atoms with Crippen LogP contribution in [0.3, 0.4) is 0 Å². The van der Waals surface area contributed by atoms with Gasteiger partial charge in [0.1, 0.15) is 0 Å². The Hall–Kier alpha value is -0.564. The first-order valence-corrected chi connectivity index (χ1v) is 4.33. The Balaban J connectivity index is -0.000000116. The minimum Gasteiger partial charge on any atom is -1.00 e. The zero-order valence-electron chi connectivity index (χ0n) is 10.9. The summed E-state index contributed by atoms with van der Waals surface area (Å²) in [5.74, 6) is -5.69. The molecule has 0 rings (SSSR count). The molecule has 0 amide bonds. The van der Waals surface area contributed by atoms with E-state index in [1.165, 1.54) is 0 Å². The molecular weight excluding hydrogens is 295 g/mol. The van der Waals surface area contributed by atoms with Crippen LogP contribution in [0.25, 0.3) is 0 Å². The van der Waals surface area contributed by atoms with E-state index in [4.69, 9.17) is 30.6 Å². The normalized spacial score (nSPS) is 11.9. The van der Waals surface area contributed by atoms with Gasteiger partial charge in [-0.3, -0.25) is 9.59 Å². The first-order valence-electron chi connectivity index (χ1n) is 4.33. The topological polar surface area (TPSA) is 190 Å². The molecule has 2 unspecified atom stereocenters. The van der Waals surface area contributed by atoms with Crippen LogP contribution in [0.5, 0.6) is 0 Å². The van der Waals surface area contributed by atoms with E-state index in [-0.39, 0.29) is 52.8 Å². The summed E-state index contributed by atoms with van der Waals surface area (Å²) in [4.78, 5) is 38.8. The molecule has 0 radical (unpaired) electrons. The fourth-order valence-electron chi connectivity index (χ4n) is 0.505. The minimum absolute atomic E-state index is 0. The van der Waals surface area contributed by atoms with Gasteiger partial charge in [0.25, 0.3) is 0 Å². The molecule has 19 heavy (non-hydrogen) atoms. The third-order valence-electron chi connectivity index (χ3n) is 1.31. The molecule has 6 N–H and O–H groups in total. The number of rotatable bonds is 6. The number of carboxylic acids is 4. The van der Waals surface area contributed by atoms with Crippen molar-refractivity contribution in [1.82, 2.24) is 0 Å². The Kier molecular flexibility index (Phi) is 15.4. The molecule has 0 bridgehead atoms. The Morgan fingerprint density at radius 2 is 0.947 bits per heavy atom. The van der Waals surface area contributed by atoms with E-state index in [1.54, 1.807) is 0 Å². The van der Waals surface area contributed by atoms with Crippen LogP contribution in [0.1, 0.15) is 14.3 Å². The fraction of sp³-hybridized carbons (Fsp3) is 0.500. The average Bonchev–Trinajstić information content (AvgIpc) is 2.16. The van der Waals surface area contributed by atoms with Gasteiger partial charge in [0.05, 0.1) is 12.8 Å². The first kappa shape index (κ1) is 23.5. The van der Waals surface area contributed by atoms with Crippen molar-refractivity contribution in [2.24, 2.45) is 0 Å². The first-order chi connectivity index (χ1) is 8.07. The molecule has 0 aromatic carbocycles. The number of hydrogen-bond donors (Lipinski definition) is 6. The van der Waals surface area contributed by atoms with Crippen LogP contribution in [0.15, 0.2) is 0 Å². The summed E-state index contributed by atoms with van der Waals surface area (Å²) in [7, 11) is 0. The Bertz CT molecular complexity index is 301. The van der Waals surface area contributed by atoms with E-state index in [1.807, 2.05) is 0 Å². The van der Waals surface area contributed by atoms with E-state index in [2.05, 4.69) is 0 Å². The molecule has 0 aliphatic carbocycles. The van der Waals surface area contributed by atoms with Crippen molar-refractivity contribution in [1.29, 1.82) is 0 Å². The molecule has 0 heterocycles. The van der Waals surface area contributed by atoms with E-state index in [0.717, 1.165) is 0 Å². The zero-order valence-corrected chi connectivity index (χ0v) is 13.0. The fourth-order valence-corrected chi connectivity index (χ4v) is 0.505. The van der Waals surface area contributed by atoms with Crippen LogP contribution in [0, 0.1) is 0 Å². The van der Waals surface area contributed by atoms with Crippen LogP contribution in [-0.2, 0) is 19.2 Å². The molecule has 0 fully saturated rings. The van der Waals surface area contributed by atoms with Crippen molar-refractivity contribution >= 4 is 23.9 Å². The molecule has 0 saturated heterocycles. The number of hydrogen-bond acceptors (Lipinski definition) is 6. The van der Waals surface area contributed by atoms with Gasteiger partial charge in [0, 0.05) is 0 Å². The molecule has 0 aliphatic rings. The summed E-state index contributed by atoms with van der Waals surface area (Å²) in [6.07, 6.45) is -5.09. The van der Waals surface area contributed by atoms with Crippen molar-refractivity contribution in [2.75, 3.05) is 0 Å². The summed E-state index contributed by atoms with van der Waals surface area (Å²) >= 11 is 0. The Morgan fingerprint density at radius 1 is 0.737 bits per heavy atom. The van der Waals surface area contributed by atoms with Crippen molar-refractivity contribution in [3.05, 3.63) is 0 Å². The number of aliphatic carboxylic acids is 4. The molecule has 11 heteroatoms. The number of aliphatic hydroxyl groups excluding tert-OH is 2. The van der Waals surface area contributed by atoms with Gasteiger partial charge in [-0.25, -0.2) is 9.59 Å². The third-order valence-corrected chi connectivity index (χ3v) is 1.31. The molecule has 0 aromatic heterocycles. The van der Waals surface area contributed by atoms with Gasteiger partial charge in [0.2, 0.25) is 0 Å². The second-order valence-electron chi connectivity index (χ2n) is 2.90. The maximum Gasteiger partial charge on any atom is 1.00 e. The van der Waals surface area contributed by atoms with E-state index < -0.39 is 48.9 Å². The van der Waals surface area contributed by atoms with Gasteiger partial charge in [-0.2, -0.15) is 0 Å². The SMILES string of the molecule is O=C(O)CC(O)C(=O)O.O=C(O)CC(O)C(=O)O.[H-].[K+]. The summed E-state index contributed by atoms with van der Waals surface area (Å²) in [6.45, 7) is 0. The standard InChI is InChI=1S/2C4H6O5.K.H/c2*5-2(4(8)9)1-3(6)7;;/h2*2,5H,1H2,(H,6,7)(H,8,9);;/q;;+1;-1. The van der Waals surface area contributed by atoms with E-state index in [0.29, 0.717) is 0 Å². The van der Waals surface area contributed by atoms with Gasteiger partial charge in [-0.05, 0) is 0 Å². The van der Waals surface area contributed by atoms with Gasteiger partial charge < -0.3 is 32.1 Å². The van der Waals surface area contributed by atoms with Crippen molar-refractivity contribution in [3.63, 3.8) is 0 Å². The smallest absolute Gasteiger partial charge is 1.00 e. The number of carbonyl (C=O) groups is 4. The van der Waals surface area contributed by atoms with Crippen molar-refractivity contribution in [2.45, 2.75) is 25.0 Å². The molecule has 0 aliphatic heterocycles. The average molecular weight is 308 g/mol. The van der Waals surface area contributed by atoms with Crippen LogP contribution in [0.2, 0.25) is 0 Å². The molecule has 2 atom stereocenters. The largest absolute Gasteiger partial charge is 1.00 e. The molecule has 106 valence electrons. The van der Waals surface area contributed by atoms with Crippen LogP contribution >= 0.6 is 0 Å². The monoisotopic (exact) mass is 308 g/mol. The van der Waals surface area contributed by atoms with E-state index >= 15 is 0 Å². The Morgan fingerprint density at radius 3 is 1.00 bits per heavy atom. The summed E-state index contributed by atoms with van der Waals surface area (Å²) in [6, 6.07) is 0. The van der Waals surface area contributed by atoms with Gasteiger partial charge in [-0.15, -0.1) is 0 Å². The van der Waals surface area contributed by atoms with Crippen molar-refractivity contribution < 1.29 is 103 Å².